The van der Waals surface area contributed by atoms with Crippen LogP contribution in [-0.2, 0) is 14.0 Å². The molecule has 0 saturated carbocycles. The molecule has 0 aromatic carbocycles. The third kappa shape index (κ3) is 5.70. The first-order valence-electron chi connectivity index (χ1n) is 8.94. The van der Waals surface area contributed by atoms with Gasteiger partial charge in [-0.3, -0.25) is 0 Å². The fraction of sp³-hybridized carbons (Fsp3) is 0.579. The molecule has 1 aromatic rings. The van der Waals surface area contributed by atoms with Crippen LogP contribution in [0, 0.1) is 0 Å². The molecule has 6 nitrogen and oxygen atoms in total. The maximum absolute atomic E-state index is 12.1. The number of aromatic nitrogens is 1. The second-order valence-electron chi connectivity index (χ2n) is 8.55. The number of rotatable bonds is 4. The van der Waals surface area contributed by atoms with Crippen LogP contribution in [0.25, 0.3) is 6.08 Å². The summed E-state index contributed by atoms with van der Waals surface area (Å²) in [5.74, 6) is 0. The van der Waals surface area contributed by atoms with Crippen molar-refractivity contribution in [2.75, 3.05) is 6.54 Å². The molecule has 1 saturated heterocycles. The van der Waals surface area contributed by atoms with Crippen LogP contribution >= 0.6 is 11.6 Å². The van der Waals surface area contributed by atoms with E-state index >= 15 is 0 Å². The molecule has 0 spiro atoms. The van der Waals surface area contributed by atoms with Gasteiger partial charge < -0.3 is 19.4 Å². The van der Waals surface area contributed by atoms with Gasteiger partial charge in [0.2, 0.25) is 0 Å². The minimum atomic E-state index is -0.624. The van der Waals surface area contributed by atoms with Gasteiger partial charge in [-0.25, -0.2) is 9.78 Å². The van der Waals surface area contributed by atoms with E-state index < -0.39 is 30.0 Å². The smallest absolute Gasteiger partial charge is 0.444 e. The highest BCUT2D eigenvalue weighted by molar-refractivity contribution is 6.56. The first-order valence-corrected chi connectivity index (χ1v) is 9.32. The van der Waals surface area contributed by atoms with Crippen molar-refractivity contribution in [1.29, 1.82) is 0 Å². The Bertz CT molecular complexity index is 713. The van der Waals surface area contributed by atoms with Crippen molar-refractivity contribution in [2.45, 2.75) is 65.3 Å². The molecule has 1 amide bonds. The molecule has 8 heteroatoms. The van der Waals surface area contributed by atoms with E-state index in [2.05, 4.69) is 10.3 Å². The quantitative estimate of drug-likeness (QED) is 0.610. The minimum Gasteiger partial charge on any atom is -0.444 e. The highest BCUT2D eigenvalue weighted by Gasteiger charge is 2.52. The number of hydrogen-bond donors (Lipinski definition) is 1. The van der Waals surface area contributed by atoms with Crippen molar-refractivity contribution >= 4 is 30.9 Å². The van der Waals surface area contributed by atoms with E-state index in [1.165, 1.54) is 0 Å². The standard InChI is InChI=1S/C19H28BClN2O4/c1-17(2,3)25-16(24)23-12-14(11-13-9-8-10-22-15(13)21)20-26-18(4,5)19(6,7)27-20/h8-11H,12H2,1-7H3,(H,23,24). The van der Waals surface area contributed by atoms with Gasteiger partial charge in [-0.05, 0) is 60.0 Å². The summed E-state index contributed by atoms with van der Waals surface area (Å²) >= 11 is 6.19. The number of pyridine rings is 1. The normalized spacial score (nSPS) is 19.1. The Kier molecular flexibility index (Phi) is 6.29. The van der Waals surface area contributed by atoms with Gasteiger partial charge in [0.05, 0.1) is 11.2 Å². The molecular weight excluding hydrogens is 366 g/mol. The van der Waals surface area contributed by atoms with E-state index in [0.717, 1.165) is 11.0 Å². The van der Waals surface area contributed by atoms with Gasteiger partial charge >= 0.3 is 13.2 Å². The zero-order valence-corrected chi connectivity index (χ0v) is 17.8. The number of carbonyl (C=O) groups is 1. The Morgan fingerprint density at radius 3 is 2.41 bits per heavy atom. The van der Waals surface area contributed by atoms with Crippen LogP contribution in [0.1, 0.15) is 54.0 Å². The highest BCUT2D eigenvalue weighted by Crippen LogP contribution is 2.38. The molecular formula is C19H28BClN2O4. The molecule has 1 aliphatic rings. The van der Waals surface area contributed by atoms with E-state index in [1.807, 2.05) is 60.6 Å². The Labute approximate surface area is 166 Å². The van der Waals surface area contributed by atoms with Crippen molar-refractivity contribution in [1.82, 2.24) is 10.3 Å². The lowest BCUT2D eigenvalue weighted by atomic mass is 9.77. The van der Waals surface area contributed by atoms with Gasteiger partial charge in [0.1, 0.15) is 10.8 Å². The zero-order valence-electron chi connectivity index (χ0n) is 17.1. The third-order valence-corrected chi connectivity index (χ3v) is 4.84. The number of nitrogens with zero attached hydrogens (tertiary/aromatic N) is 1. The SMILES string of the molecule is CC(C)(C)OC(=O)NCC(=Cc1cccnc1Cl)B1OC(C)(C)C(C)(C)O1. The van der Waals surface area contributed by atoms with Crippen LogP contribution in [-0.4, -0.2) is 41.5 Å². The summed E-state index contributed by atoms with van der Waals surface area (Å²) in [6.45, 7) is 13.5. The topological polar surface area (TPSA) is 69.7 Å². The number of nitrogens with one attached hydrogen (secondary N) is 1. The van der Waals surface area contributed by atoms with E-state index in [0.29, 0.717) is 5.15 Å². The Morgan fingerprint density at radius 2 is 1.89 bits per heavy atom. The van der Waals surface area contributed by atoms with Crippen LogP contribution in [0.2, 0.25) is 5.15 Å². The fourth-order valence-electron chi connectivity index (χ4n) is 2.39. The van der Waals surface area contributed by atoms with Crippen molar-refractivity contribution in [3.05, 3.63) is 34.5 Å². The van der Waals surface area contributed by atoms with Gasteiger partial charge in [-0.2, -0.15) is 0 Å². The molecule has 2 heterocycles. The summed E-state index contributed by atoms with van der Waals surface area (Å²) in [4.78, 5) is 16.2. The van der Waals surface area contributed by atoms with Crippen molar-refractivity contribution in [2.24, 2.45) is 0 Å². The molecule has 0 radical (unpaired) electrons. The van der Waals surface area contributed by atoms with Crippen LogP contribution < -0.4 is 5.32 Å². The summed E-state index contributed by atoms with van der Waals surface area (Å²) in [6.07, 6.45) is 2.93. The predicted molar refractivity (Wildman–Crippen MR) is 108 cm³/mol. The average Bonchev–Trinajstić information content (AvgIpc) is 2.71. The van der Waals surface area contributed by atoms with Gasteiger partial charge in [-0.15, -0.1) is 0 Å². The maximum atomic E-state index is 12.1. The summed E-state index contributed by atoms with van der Waals surface area (Å²) < 4.78 is 17.6. The minimum absolute atomic E-state index is 0.191. The summed E-state index contributed by atoms with van der Waals surface area (Å²) in [5, 5.41) is 3.12. The van der Waals surface area contributed by atoms with Crippen LogP contribution in [0.15, 0.2) is 23.8 Å². The van der Waals surface area contributed by atoms with E-state index in [1.54, 1.807) is 12.3 Å². The van der Waals surface area contributed by atoms with E-state index in [4.69, 9.17) is 25.6 Å². The Morgan fingerprint density at radius 1 is 1.30 bits per heavy atom. The van der Waals surface area contributed by atoms with Crippen LogP contribution in [0.5, 0.6) is 0 Å². The first kappa shape index (κ1) is 21.7. The largest absolute Gasteiger partial charge is 0.492 e. The molecule has 27 heavy (non-hydrogen) atoms. The van der Waals surface area contributed by atoms with E-state index in [-0.39, 0.29) is 6.54 Å². The molecule has 0 aliphatic carbocycles. The lowest BCUT2D eigenvalue weighted by Gasteiger charge is -2.32. The Hall–Kier alpha value is -1.57. The van der Waals surface area contributed by atoms with E-state index in [9.17, 15) is 4.79 Å². The molecule has 0 atom stereocenters. The molecule has 1 fully saturated rings. The second-order valence-corrected chi connectivity index (χ2v) is 8.90. The number of alkyl carbamates (subject to hydrolysis) is 1. The number of ether oxygens (including phenoxy) is 1. The van der Waals surface area contributed by atoms with Gasteiger partial charge in [0.25, 0.3) is 0 Å². The zero-order chi connectivity index (χ0) is 20.5. The van der Waals surface area contributed by atoms with Crippen molar-refractivity contribution < 1.29 is 18.8 Å². The van der Waals surface area contributed by atoms with Crippen molar-refractivity contribution in [3.8, 4) is 0 Å². The molecule has 2 rings (SSSR count). The number of halogens is 1. The highest BCUT2D eigenvalue weighted by atomic mass is 35.5. The molecule has 1 N–H and O–H groups in total. The summed E-state index contributed by atoms with van der Waals surface area (Å²) in [6, 6.07) is 3.63. The first-order chi connectivity index (χ1) is 12.3. The molecule has 1 aliphatic heterocycles. The summed E-state index contributed by atoms with van der Waals surface area (Å²) in [7, 11) is -0.624. The van der Waals surface area contributed by atoms with Crippen LogP contribution in [0.3, 0.4) is 0 Å². The van der Waals surface area contributed by atoms with Gasteiger partial charge in [0, 0.05) is 18.3 Å². The maximum Gasteiger partial charge on any atom is 0.492 e. The Balaban J connectivity index is 2.25. The fourth-order valence-corrected chi connectivity index (χ4v) is 2.57. The summed E-state index contributed by atoms with van der Waals surface area (Å²) in [5.41, 5.74) is -0.141. The lowest BCUT2D eigenvalue weighted by Crippen LogP contribution is -2.41. The third-order valence-electron chi connectivity index (χ3n) is 4.52. The van der Waals surface area contributed by atoms with Crippen molar-refractivity contribution in [3.63, 3.8) is 0 Å². The number of carbonyl (C=O) groups excluding carboxylic acids is 1. The molecule has 148 valence electrons. The average molecular weight is 395 g/mol. The van der Waals surface area contributed by atoms with Gasteiger partial charge in [0.15, 0.2) is 0 Å². The van der Waals surface area contributed by atoms with Gasteiger partial charge in [-0.1, -0.05) is 23.7 Å². The monoisotopic (exact) mass is 394 g/mol. The lowest BCUT2D eigenvalue weighted by molar-refractivity contribution is 0.00578. The molecule has 1 aromatic heterocycles. The molecule has 0 unspecified atom stereocenters. The predicted octanol–water partition coefficient (Wildman–Crippen LogP) is 4.27. The molecule has 0 bridgehead atoms. The number of amides is 1. The van der Waals surface area contributed by atoms with Crippen LogP contribution in [0.4, 0.5) is 4.79 Å². The number of hydrogen-bond acceptors (Lipinski definition) is 5. The second kappa shape index (κ2) is 7.82.